The normalized spacial score (nSPS) is 17.3. The third-order valence-corrected chi connectivity index (χ3v) is 1.70. The fraction of sp³-hybridized carbons (Fsp3) is 0.545. The smallest absolute Gasteiger partial charge is 0.418 e. The van der Waals surface area contributed by atoms with Crippen molar-refractivity contribution in [3.8, 4) is 0 Å². The first-order chi connectivity index (χ1) is 6.38. The van der Waals surface area contributed by atoms with Gasteiger partial charge in [-0.1, -0.05) is 19.1 Å². The van der Waals surface area contributed by atoms with Crippen LogP contribution in [0.5, 0.6) is 0 Å². The first kappa shape index (κ1) is 10.8. The molecule has 0 aromatic rings. The minimum atomic E-state index is -0.443. The highest BCUT2D eigenvalue weighted by atomic mass is 16.6. The third kappa shape index (κ3) is 3.24. The molecule has 0 bridgehead atoms. The lowest BCUT2D eigenvalue weighted by molar-refractivity contribution is 0.0396. The molecule has 0 fully saturated rings. The third-order valence-electron chi connectivity index (χ3n) is 1.70. The van der Waals surface area contributed by atoms with E-state index in [0.717, 1.165) is 0 Å². The largest absolute Gasteiger partial charge is 0.443 e. The molecule has 0 N–H and O–H groups in total. The van der Waals surface area contributed by atoms with Gasteiger partial charge in [-0.05, 0) is 26.7 Å². The van der Waals surface area contributed by atoms with Crippen LogP contribution in [0.1, 0.15) is 27.7 Å². The summed E-state index contributed by atoms with van der Waals surface area (Å²) in [5.74, 6) is 0.383. The molecule has 0 saturated heterocycles. The van der Waals surface area contributed by atoms with E-state index >= 15 is 0 Å². The van der Waals surface area contributed by atoms with E-state index in [1.54, 1.807) is 12.4 Å². The molecular weight excluding hydrogens is 178 g/mol. The molecule has 1 amide bonds. The average molecular weight is 195 g/mol. The number of amides is 1. The number of nitrogens with zero attached hydrogens (tertiary/aromatic N) is 1. The fourth-order valence-electron chi connectivity index (χ4n) is 1.01. The van der Waals surface area contributed by atoms with Crippen LogP contribution < -0.4 is 0 Å². The maximum absolute atomic E-state index is 11.5. The van der Waals surface area contributed by atoms with E-state index in [1.165, 1.54) is 4.90 Å². The lowest BCUT2D eigenvalue weighted by atomic mass is 10.1. The second-order valence-corrected chi connectivity index (χ2v) is 4.43. The van der Waals surface area contributed by atoms with Gasteiger partial charge in [0.15, 0.2) is 0 Å². The van der Waals surface area contributed by atoms with Gasteiger partial charge in [-0.25, -0.2) is 4.79 Å². The molecule has 14 heavy (non-hydrogen) atoms. The van der Waals surface area contributed by atoms with Gasteiger partial charge in [0.1, 0.15) is 5.60 Å². The van der Waals surface area contributed by atoms with E-state index in [9.17, 15) is 4.79 Å². The monoisotopic (exact) mass is 195 g/mol. The van der Waals surface area contributed by atoms with Crippen molar-refractivity contribution < 1.29 is 9.53 Å². The molecule has 3 nitrogen and oxygen atoms in total. The zero-order chi connectivity index (χ0) is 10.8. The molecule has 0 aromatic heterocycles. The number of carbonyl (C=O) groups is 1. The average Bonchev–Trinajstić information content (AvgIpc) is 2.02. The molecule has 1 aliphatic heterocycles. The van der Waals surface area contributed by atoms with E-state index in [0.29, 0.717) is 5.92 Å². The summed E-state index contributed by atoms with van der Waals surface area (Å²) in [6, 6.07) is 0. The van der Waals surface area contributed by atoms with Crippen molar-refractivity contribution in [1.29, 1.82) is 0 Å². The van der Waals surface area contributed by atoms with Gasteiger partial charge in [-0.15, -0.1) is 0 Å². The summed E-state index contributed by atoms with van der Waals surface area (Å²) in [4.78, 5) is 13.0. The molecule has 0 saturated carbocycles. The van der Waals surface area contributed by atoms with E-state index in [4.69, 9.17) is 4.74 Å². The Balaban J connectivity index is 2.55. The summed E-state index contributed by atoms with van der Waals surface area (Å²) < 4.78 is 5.20. The summed E-state index contributed by atoms with van der Waals surface area (Å²) >= 11 is 0. The highest BCUT2D eigenvalue weighted by Crippen LogP contribution is 2.14. The Morgan fingerprint density at radius 1 is 1.29 bits per heavy atom. The minimum Gasteiger partial charge on any atom is -0.443 e. The van der Waals surface area contributed by atoms with Crippen LogP contribution in [0.3, 0.4) is 0 Å². The molecule has 0 spiro atoms. The topological polar surface area (TPSA) is 29.5 Å². The van der Waals surface area contributed by atoms with Gasteiger partial charge in [0.2, 0.25) is 0 Å². The van der Waals surface area contributed by atoms with Crippen molar-refractivity contribution >= 4 is 6.09 Å². The molecule has 0 aromatic carbocycles. The van der Waals surface area contributed by atoms with Crippen LogP contribution in [-0.4, -0.2) is 16.6 Å². The van der Waals surface area contributed by atoms with E-state index in [1.807, 2.05) is 32.9 Å². The molecule has 0 atom stereocenters. The molecule has 3 heteroatoms. The summed E-state index contributed by atoms with van der Waals surface area (Å²) in [6.07, 6.45) is 7.03. The maximum Gasteiger partial charge on any atom is 0.418 e. The summed E-state index contributed by atoms with van der Waals surface area (Å²) in [5.41, 5.74) is -0.443. The first-order valence-electron chi connectivity index (χ1n) is 4.76. The number of carbonyl (C=O) groups excluding carboxylic acids is 1. The molecule has 0 unspecified atom stereocenters. The van der Waals surface area contributed by atoms with Gasteiger partial charge in [0, 0.05) is 12.4 Å². The van der Waals surface area contributed by atoms with Crippen molar-refractivity contribution in [2.24, 2.45) is 5.92 Å². The van der Waals surface area contributed by atoms with Crippen LogP contribution in [0.4, 0.5) is 4.79 Å². The van der Waals surface area contributed by atoms with Crippen LogP contribution in [0.15, 0.2) is 24.6 Å². The van der Waals surface area contributed by atoms with Crippen LogP contribution in [0.25, 0.3) is 0 Å². The SMILES string of the molecule is CC1C=CN(C(=O)OC(C)(C)C)C=C1. The van der Waals surface area contributed by atoms with Crippen molar-refractivity contribution in [2.45, 2.75) is 33.3 Å². The van der Waals surface area contributed by atoms with Crippen LogP contribution in [0.2, 0.25) is 0 Å². The van der Waals surface area contributed by atoms with Crippen molar-refractivity contribution in [1.82, 2.24) is 4.90 Å². The zero-order valence-corrected chi connectivity index (χ0v) is 9.15. The van der Waals surface area contributed by atoms with Gasteiger partial charge in [0.25, 0.3) is 0 Å². The van der Waals surface area contributed by atoms with Crippen LogP contribution >= 0.6 is 0 Å². The Kier molecular flexibility index (Phi) is 2.99. The van der Waals surface area contributed by atoms with Crippen molar-refractivity contribution in [3.63, 3.8) is 0 Å². The fourth-order valence-corrected chi connectivity index (χ4v) is 1.01. The highest BCUT2D eigenvalue weighted by molar-refractivity contribution is 5.71. The van der Waals surface area contributed by atoms with E-state index < -0.39 is 5.60 Å². The molecule has 1 aliphatic rings. The highest BCUT2D eigenvalue weighted by Gasteiger charge is 2.20. The Morgan fingerprint density at radius 3 is 2.21 bits per heavy atom. The van der Waals surface area contributed by atoms with Gasteiger partial charge < -0.3 is 4.74 Å². The summed E-state index contributed by atoms with van der Waals surface area (Å²) in [5, 5.41) is 0. The van der Waals surface area contributed by atoms with E-state index in [2.05, 4.69) is 6.92 Å². The lowest BCUT2D eigenvalue weighted by Gasteiger charge is -2.24. The zero-order valence-electron chi connectivity index (χ0n) is 9.15. The minimum absolute atomic E-state index is 0.336. The molecular formula is C11H17NO2. The van der Waals surface area contributed by atoms with Gasteiger partial charge in [0.05, 0.1) is 0 Å². The number of allylic oxidation sites excluding steroid dienone is 2. The lowest BCUT2D eigenvalue weighted by Crippen LogP contribution is -2.31. The Labute approximate surface area is 85.0 Å². The molecule has 0 aliphatic carbocycles. The van der Waals surface area contributed by atoms with Gasteiger partial charge >= 0.3 is 6.09 Å². The summed E-state index contributed by atoms with van der Waals surface area (Å²) in [7, 11) is 0. The Hall–Kier alpha value is -1.25. The Morgan fingerprint density at radius 2 is 1.79 bits per heavy atom. The first-order valence-corrected chi connectivity index (χ1v) is 4.76. The van der Waals surface area contributed by atoms with Crippen LogP contribution in [-0.2, 0) is 4.74 Å². The number of ether oxygens (including phenoxy) is 1. The number of hydrogen-bond acceptors (Lipinski definition) is 2. The molecule has 78 valence electrons. The van der Waals surface area contributed by atoms with Gasteiger partial charge in [-0.2, -0.15) is 0 Å². The molecule has 1 rings (SSSR count). The van der Waals surface area contributed by atoms with Gasteiger partial charge in [-0.3, -0.25) is 4.90 Å². The Bertz CT molecular complexity index is 260. The van der Waals surface area contributed by atoms with E-state index in [-0.39, 0.29) is 6.09 Å². The van der Waals surface area contributed by atoms with Crippen molar-refractivity contribution in [2.75, 3.05) is 0 Å². The molecule has 1 heterocycles. The predicted octanol–water partition coefficient (Wildman–Crippen LogP) is 2.90. The number of rotatable bonds is 0. The molecule has 0 radical (unpaired) electrons. The second kappa shape index (κ2) is 3.86. The van der Waals surface area contributed by atoms with Crippen molar-refractivity contribution in [3.05, 3.63) is 24.6 Å². The maximum atomic E-state index is 11.5. The second-order valence-electron chi connectivity index (χ2n) is 4.43. The number of hydrogen-bond donors (Lipinski definition) is 0. The predicted molar refractivity (Wildman–Crippen MR) is 55.5 cm³/mol. The quantitative estimate of drug-likeness (QED) is 0.594. The summed E-state index contributed by atoms with van der Waals surface area (Å²) in [6.45, 7) is 7.61. The standard InChI is InChI=1S/C11H17NO2/c1-9-5-7-12(8-6-9)10(13)14-11(2,3)4/h5-9H,1-4H3. The van der Waals surface area contributed by atoms with Crippen LogP contribution in [0, 0.1) is 5.92 Å².